The number of hydrogen-bond donors (Lipinski definition) is 1. The first kappa shape index (κ1) is 9.57. The lowest BCUT2D eigenvalue weighted by Gasteiger charge is -2.04. The number of pyridine rings is 1. The summed E-state index contributed by atoms with van der Waals surface area (Å²) in [5, 5.41) is 10.6. The SMILES string of the molecule is Cn1nncc1CNc1ccc(F)nc1. The minimum Gasteiger partial charge on any atom is -0.378 e. The quantitative estimate of drug-likeness (QED) is 0.762. The molecule has 6 heteroatoms. The number of hydrogen-bond acceptors (Lipinski definition) is 4. The lowest BCUT2D eigenvalue weighted by atomic mass is 10.4. The average molecular weight is 207 g/mol. The van der Waals surface area contributed by atoms with Crippen LogP contribution < -0.4 is 5.32 Å². The van der Waals surface area contributed by atoms with Crippen molar-refractivity contribution >= 4 is 5.69 Å². The molecule has 0 unspecified atom stereocenters. The van der Waals surface area contributed by atoms with Crippen LogP contribution in [0, 0.1) is 5.95 Å². The highest BCUT2D eigenvalue weighted by Gasteiger charge is 1.99. The highest BCUT2D eigenvalue weighted by Crippen LogP contribution is 2.06. The van der Waals surface area contributed by atoms with Crippen LogP contribution in [0.3, 0.4) is 0 Å². The van der Waals surface area contributed by atoms with E-state index in [4.69, 9.17) is 0 Å². The van der Waals surface area contributed by atoms with Crippen molar-refractivity contribution in [2.24, 2.45) is 7.05 Å². The summed E-state index contributed by atoms with van der Waals surface area (Å²) in [6, 6.07) is 2.94. The van der Waals surface area contributed by atoms with E-state index < -0.39 is 5.95 Å². The fourth-order valence-electron chi connectivity index (χ4n) is 1.14. The molecule has 0 aliphatic heterocycles. The molecule has 0 amide bonds. The third-order valence-corrected chi connectivity index (χ3v) is 2.01. The molecule has 2 rings (SSSR count). The topological polar surface area (TPSA) is 55.6 Å². The van der Waals surface area contributed by atoms with Gasteiger partial charge in [-0.1, -0.05) is 5.21 Å². The van der Waals surface area contributed by atoms with Gasteiger partial charge in [-0.25, -0.2) is 4.98 Å². The zero-order chi connectivity index (χ0) is 10.7. The van der Waals surface area contributed by atoms with Crippen LogP contribution in [0.1, 0.15) is 5.69 Å². The molecular formula is C9H10FN5. The van der Waals surface area contributed by atoms with Crippen molar-refractivity contribution in [2.75, 3.05) is 5.32 Å². The number of rotatable bonds is 3. The summed E-state index contributed by atoms with van der Waals surface area (Å²) >= 11 is 0. The molecule has 0 aromatic carbocycles. The van der Waals surface area contributed by atoms with Gasteiger partial charge in [0.15, 0.2) is 0 Å². The minimum absolute atomic E-state index is 0.484. The molecule has 15 heavy (non-hydrogen) atoms. The third-order valence-electron chi connectivity index (χ3n) is 2.01. The molecule has 0 bridgehead atoms. The second-order valence-electron chi connectivity index (χ2n) is 3.07. The molecular weight excluding hydrogens is 197 g/mol. The number of aryl methyl sites for hydroxylation is 1. The summed E-state index contributed by atoms with van der Waals surface area (Å²) < 4.78 is 14.2. The van der Waals surface area contributed by atoms with E-state index in [1.54, 1.807) is 16.9 Å². The summed E-state index contributed by atoms with van der Waals surface area (Å²) in [7, 11) is 1.81. The van der Waals surface area contributed by atoms with Crippen molar-refractivity contribution in [3.8, 4) is 0 Å². The third kappa shape index (κ3) is 2.28. The maximum absolute atomic E-state index is 12.5. The van der Waals surface area contributed by atoms with E-state index in [0.29, 0.717) is 6.54 Å². The monoisotopic (exact) mass is 207 g/mol. The van der Waals surface area contributed by atoms with E-state index in [-0.39, 0.29) is 0 Å². The first-order valence-corrected chi connectivity index (χ1v) is 4.44. The standard InChI is InChI=1S/C9H10FN5/c1-15-8(6-13-14-15)5-11-7-2-3-9(10)12-4-7/h2-4,6,11H,5H2,1H3. The Morgan fingerprint density at radius 2 is 2.27 bits per heavy atom. The van der Waals surface area contributed by atoms with Crippen molar-refractivity contribution in [3.05, 3.63) is 36.2 Å². The van der Waals surface area contributed by atoms with Gasteiger partial charge in [0.05, 0.1) is 30.3 Å². The van der Waals surface area contributed by atoms with E-state index in [9.17, 15) is 4.39 Å². The molecule has 2 heterocycles. The Morgan fingerprint density at radius 3 is 2.87 bits per heavy atom. The molecule has 0 fully saturated rings. The van der Waals surface area contributed by atoms with Crippen LogP contribution in [0.5, 0.6) is 0 Å². The first-order chi connectivity index (χ1) is 7.25. The van der Waals surface area contributed by atoms with Gasteiger partial charge in [-0.15, -0.1) is 5.10 Å². The van der Waals surface area contributed by atoms with Crippen molar-refractivity contribution in [3.63, 3.8) is 0 Å². The summed E-state index contributed by atoms with van der Waals surface area (Å²) in [4.78, 5) is 3.53. The van der Waals surface area contributed by atoms with Crippen molar-refractivity contribution < 1.29 is 4.39 Å². The van der Waals surface area contributed by atoms with Crippen LogP contribution in [-0.4, -0.2) is 20.0 Å². The Balaban J connectivity index is 1.99. The maximum Gasteiger partial charge on any atom is 0.212 e. The second kappa shape index (κ2) is 4.04. The largest absolute Gasteiger partial charge is 0.378 e. The van der Waals surface area contributed by atoms with Crippen LogP contribution in [-0.2, 0) is 13.6 Å². The van der Waals surface area contributed by atoms with Crippen molar-refractivity contribution in [1.29, 1.82) is 0 Å². The first-order valence-electron chi connectivity index (χ1n) is 4.44. The maximum atomic E-state index is 12.5. The predicted octanol–water partition coefficient (Wildman–Crippen LogP) is 0.961. The average Bonchev–Trinajstić information content (AvgIpc) is 2.63. The lowest BCUT2D eigenvalue weighted by molar-refractivity contribution is 0.584. The predicted molar refractivity (Wildman–Crippen MR) is 52.5 cm³/mol. The van der Waals surface area contributed by atoms with Gasteiger partial charge in [0.25, 0.3) is 0 Å². The van der Waals surface area contributed by atoms with Crippen molar-refractivity contribution in [2.45, 2.75) is 6.54 Å². The van der Waals surface area contributed by atoms with Gasteiger partial charge in [-0.05, 0) is 12.1 Å². The van der Waals surface area contributed by atoms with Gasteiger partial charge in [-0.2, -0.15) is 4.39 Å². The summed E-state index contributed by atoms with van der Waals surface area (Å²) in [6.07, 6.45) is 3.11. The van der Waals surface area contributed by atoms with E-state index in [2.05, 4.69) is 20.6 Å². The molecule has 2 aromatic rings. The van der Waals surface area contributed by atoms with E-state index in [1.807, 2.05) is 7.05 Å². The molecule has 2 aromatic heterocycles. The number of nitrogens with zero attached hydrogens (tertiary/aromatic N) is 4. The molecule has 0 saturated carbocycles. The summed E-state index contributed by atoms with van der Waals surface area (Å²) in [6.45, 7) is 0.580. The van der Waals surface area contributed by atoms with Gasteiger partial charge in [-0.3, -0.25) is 4.68 Å². The Morgan fingerprint density at radius 1 is 1.40 bits per heavy atom. The zero-order valence-electron chi connectivity index (χ0n) is 8.18. The number of aromatic nitrogens is 4. The van der Waals surface area contributed by atoms with Gasteiger partial charge < -0.3 is 5.32 Å². The molecule has 0 aliphatic carbocycles. The number of halogens is 1. The fourth-order valence-corrected chi connectivity index (χ4v) is 1.14. The Labute approximate surface area is 85.9 Å². The van der Waals surface area contributed by atoms with Crippen LogP contribution >= 0.6 is 0 Å². The molecule has 0 aliphatic rings. The molecule has 0 atom stereocenters. The van der Waals surface area contributed by atoms with E-state index in [0.717, 1.165) is 11.4 Å². The fraction of sp³-hybridized carbons (Fsp3) is 0.222. The molecule has 0 spiro atoms. The van der Waals surface area contributed by atoms with Crippen LogP contribution in [0.15, 0.2) is 24.5 Å². The Kier molecular flexibility index (Phi) is 2.57. The van der Waals surface area contributed by atoms with Crippen LogP contribution in [0.2, 0.25) is 0 Å². The molecule has 0 radical (unpaired) electrons. The Hall–Kier alpha value is -1.98. The van der Waals surface area contributed by atoms with Gasteiger partial charge in [0.2, 0.25) is 5.95 Å². The second-order valence-corrected chi connectivity index (χ2v) is 3.07. The van der Waals surface area contributed by atoms with E-state index >= 15 is 0 Å². The Bertz CT molecular complexity index is 436. The van der Waals surface area contributed by atoms with Gasteiger partial charge in [0.1, 0.15) is 0 Å². The molecule has 78 valence electrons. The van der Waals surface area contributed by atoms with Crippen LogP contribution in [0.25, 0.3) is 0 Å². The lowest BCUT2D eigenvalue weighted by Crippen LogP contribution is -2.05. The van der Waals surface area contributed by atoms with Crippen LogP contribution in [0.4, 0.5) is 10.1 Å². The highest BCUT2D eigenvalue weighted by molar-refractivity contribution is 5.40. The molecule has 5 nitrogen and oxygen atoms in total. The van der Waals surface area contributed by atoms with Gasteiger partial charge in [0, 0.05) is 7.05 Å². The highest BCUT2D eigenvalue weighted by atomic mass is 19.1. The van der Waals surface area contributed by atoms with E-state index in [1.165, 1.54) is 12.3 Å². The minimum atomic E-state index is -0.484. The van der Waals surface area contributed by atoms with Crippen molar-refractivity contribution in [1.82, 2.24) is 20.0 Å². The smallest absolute Gasteiger partial charge is 0.212 e. The summed E-state index contributed by atoms with van der Waals surface area (Å²) in [5.41, 5.74) is 1.71. The normalized spacial score (nSPS) is 10.3. The number of nitrogens with one attached hydrogen (secondary N) is 1. The summed E-state index contributed by atoms with van der Waals surface area (Å²) in [5.74, 6) is -0.484. The molecule has 1 N–H and O–H groups in total. The van der Waals surface area contributed by atoms with Gasteiger partial charge >= 0.3 is 0 Å². The number of anilines is 1. The zero-order valence-corrected chi connectivity index (χ0v) is 8.18. The molecule has 0 saturated heterocycles.